The Labute approximate surface area is 117 Å². The van der Waals surface area contributed by atoms with Gasteiger partial charge in [0.25, 0.3) is 0 Å². The molecule has 3 nitrogen and oxygen atoms in total. The first-order chi connectivity index (χ1) is 8.78. The molecule has 0 amide bonds. The van der Waals surface area contributed by atoms with Crippen molar-refractivity contribution in [3.8, 4) is 5.75 Å². The number of hydrogen-bond donors (Lipinski definition) is 2. The molecule has 0 fully saturated rings. The largest absolute Gasteiger partial charge is 0.496 e. The van der Waals surface area contributed by atoms with Crippen LogP contribution in [0.2, 0.25) is 0 Å². The maximum absolute atomic E-state index is 6.08. The molecule has 0 saturated carbocycles. The van der Waals surface area contributed by atoms with Crippen LogP contribution in [-0.2, 0) is 0 Å². The van der Waals surface area contributed by atoms with Crippen LogP contribution in [0.3, 0.4) is 0 Å². The van der Waals surface area contributed by atoms with Crippen LogP contribution in [0.4, 0.5) is 0 Å². The maximum Gasteiger partial charge on any atom is 0.122 e. The second-order valence-electron chi connectivity index (χ2n) is 6.05. The number of rotatable bonds is 6. The minimum Gasteiger partial charge on any atom is -0.496 e. The van der Waals surface area contributed by atoms with Crippen molar-refractivity contribution in [2.24, 2.45) is 5.73 Å². The van der Waals surface area contributed by atoms with E-state index in [-0.39, 0.29) is 5.54 Å². The smallest absolute Gasteiger partial charge is 0.122 e. The van der Waals surface area contributed by atoms with E-state index in [0.29, 0.717) is 6.04 Å². The number of nitrogens with two attached hydrogens (primary N) is 1. The zero-order chi connectivity index (χ0) is 14.6. The Morgan fingerprint density at radius 1 is 1.26 bits per heavy atom. The number of ether oxygens (including phenoxy) is 1. The number of hydrogen-bond acceptors (Lipinski definition) is 3. The van der Waals surface area contributed by atoms with Gasteiger partial charge in [0, 0.05) is 11.6 Å². The molecule has 0 aromatic heterocycles. The first-order valence-corrected chi connectivity index (χ1v) is 6.89. The number of aryl methyl sites for hydroxylation is 2. The Morgan fingerprint density at radius 2 is 1.89 bits per heavy atom. The number of nitrogens with one attached hydrogen (secondary N) is 1. The van der Waals surface area contributed by atoms with Gasteiger partial charge in [-0.3, -0.25) is 0 Å². The Hall–Kier alpha value is -1.06. The fourth-order valence-electron chi connectivity index (χ4n) is 2.38. The molecule has 0 aliphatic rings. The monoisotopic (exact) mass is 264 g/mol. The van der Waals surface area contributed by atoms with Crippen LogP contribution in [-0.4, -0.2) is 19.7 Å². The molecule has 3 N–H and O–H groups in total. The molecule has 0 aliphatic heterocycles. The van der Waals surface area contributed by atoms with Crippen LogP contribution < -0.4 is 15.8 Å². The number of methoxy groups -OCH3 is 1. The summed E-state index contributed by atoms with van der Waals surface area (Å²) in [5, 5.41) is 3.40. The van der Waals surface area contributed by atoms with Crippen LogP contribution in [0.25, 0.3) is 0 Å². The van der Waals surface area contributed by atoms with Crippen LogP contribution in [0, 0.1) is 13.8 Å². The summed E-state index contributed by atoms with van der Waals surface area (Å²) in [7, 11) is 3.72. The van der Waals surface area contributed by atoms with E-state index in [2.05, 4.69) is 45.1 Å². The first kappa shape index (κ1) is 16.0. The molecular weight excluding hydrogens is 236 g/mol. The summed E-state index contributed by atoms with van der Waals surface area (Å²) in [5.41, 5.74) is 9.74. The van der Waals surface area contributed by atoms with E-state index in [4.69, 9.17) is 10.5 Å². The highest BCUT2D eigenvalue weighted by Crippen LogP contribution is 2.29. The lowest BCUT2D eigenvalue weighted by molar-refractivity contribution is 0.404. The van der Waals surface area contributed by atoms with Gasteiger partial charge in [0.1, 0.15) is 5.75 Å². The Kier molecular flexibility index (Phi) is 5.39. The highest BCUT2D eigenvalue weighted by molar-refractivity contribution is 5.42. The molecule has 0 radical (unpaired) electrons. The van der Waals surface area contributed by atoms with E-state index in [1.807, 2.05) is 7.05 Å². The molecule has 0 heterocycles. The first-order valence-electron chi connectivity index (χ1n) is 6.89. The molecule has 0 bridgehead atoms. The normalized spacial score (nSPS) is 13.4. The summed E-state index contributed by atoms with van der Waals surface area (Å²) in [6, 6.07) is 4.67. The molecule has 108 valence electrons. The second kappa shape index (κ2) is 6.40. The molecule has 19 heavy (non-hydrogen) atoms. The fourth-order valence-corrected chi connectivity index (χ4v) is 2.38. The van der Waals surface area contributed by atoms with Gasteiger partial charge < -0.3 is 15.8 Å². The average Bonchev–Trinajstić information content (AvgIpc) is 2.32. The van der Waals surface area contributed by atoms with Gasteiger partial charge in [-0.05, 0) is 70.3 Å². The Morgan fingerprint density at radius 3 is 2.37 bits per heavy atom. The molecule has 0 saturated heterocycles. The van der Waals surface area contributed by atoms with Gasteiger partial charge in [-0.2, -0.15) is 0 Å². The van der Waals surface area contributed by atoms with Crippen molar-refractivity contribution in [1.29, 1.82) is 0 Å². The standard InChI is InChI=1S/C16H28N2O/c1-11-10-15(19-6)12(2)9-13(11)14(18-5)7-8-16(3,4)17/h9-10,14,18H,7-8,17H2,1-6H3. The third-order valence-corrected chi connectivity index (χ3v) is 3.58. The molecule has 1 rings (SSSR count). The van der Waals surface area contributed by atoms with E-state index < -0.39 is 0 Å². The summed E-state index contributed by atoms with van der Waals surface area (Å²) in [4.78, 5) is 0. The van der Waals surface area contributed by atoms with Crippen LogP contribution >= 0.6 is 0 Å². The van der Waals surface area contributed by atoms with Gasteiger partial charge in [-0.1, -0.05) is 6.07 Å². The van der Waals surface area contributed by atoms with Crippen LogP contribution in [0.1, 0.15) is 49.4 Å². The summed E-state index contributed by atoms with van der Waals surface area (Å²) in [6.45, 7) is 8.37. The minimum absolute atomic E-state index is 0.121. The third kappa shape index (κ3) is 4.51. The Balaban J connectivity index is 2.95. The molecule has 3 heteroatoms. The van der Waals surface area contributed by atoms with Gasteiger partial charge in [0.2, 0.25) is 0 Å². The van der Waals surface area contributed by atoms with Crippen molar-refractivity contribution in [2.45, 2.75) is 52.1 Å². The van der Waals surface area contributed by atoms with Crippen molar-refractivity contribution < 1.29 is 4.74 Å². The van der Waals surface area contributed by atoms with Gasteiger partial charge in [-0.15, -0.1) is 0 Å². The lowest BCUT2D eigenvalue weighted by Gasteiger charge is -2.25. The topological polar surface area (TPSA) is 47.3 Å². The zero-order valence-corrected chi connectivity index (χ0v) is 13.1. The van der Waals surface area contributed by atoms with Gasteiger partial charge in [0.15, 0.2) is 0 Å². The third-order valence-electron chi connectivity index (χ3n) is 3.58. The van der Waals surface area contributed by atoms with E-state index in [1.165, 1.54) is 16.7 Å². The van der Waals surface area contributed by atoms with Crippen LogP contribution in [0.5, 0.6) is 5.75 Å². The van der Waals surface area contributed by atoms with Crippen molar-refractivity contribution in [1.82, 2.24) is 5.32 Å². The highest BCUT2D eigenvalue weighted by Gasteiger charge is 2.18. The molecule has 0 spiro atoms. The zero-order valence-electron chi connectivity index (χ0n) is 13.1. The summed E-state index contributed by atoms with van der Waals surface area (Å²) < 4.78 is 5.37. The summed E-state index contributed by atoms with van der Waals surface area (Å²) in [6.07, 6.45) is 2.02. The average molecular weight is 264 g/mol. The molecule has 1 aromatic carbocycles. The summed E-state index contributed by atoms with van der Waals surface area (Å²) in [5.74, 6) is 0.954. The van der Waals surface area contributed by atoms with Gasteiger partial charge in [0.05, 0.1) is 7.11 Å². The molecule has 1 unspecified atom stereocenters. The van der Waals surface area contributed by atoms with E-state index >= 15 is 0 Å². The molecular formula is C16H28N2O. The van der Waals surface area contributed by atoms with E-state index in [9.17, 15) is 0 Å². The molecule has 1 atom stereocenters. The maximum atomic E-state index is 6.08. The molecule has 0 aliphatic carbocycles. The van der Waals surface area contributed by atoms with Gasteiger partial charge in [-0.25, -0.2) is 0 Å². The molecule has 1 aromatic rings. The predicted molar refractivity (Wildman–Crippen MR) is 81.8 cm³/mol. The van der Waals surface area contributed by atoms with Crippen LogP contribution in [0.15, 0.2) is 12.1 Å². The van der Waals surface area contributed by atoms with Gasteiger partial charge >= 0.3 is 0 Å². The van der Waals surface area contributed by atoms with Crippen molar-refractivity contribution >= 4 is 0 Å². The lowest BCUT2D eigenvalue weighted by Crippen LogP contribution is -2.33. The number of benzene rings is 1. The second-order valence-corrected chi connectivity index (χ2v) is 6.05. The van der Waals surface area contributed by atoms with Crippen molar-refractivity contribution in [3.05, 3.63) is 28.8 Å². The predicted octanol–water partition coefficient (Wildman–Crippen LogP) is 3.09. The minimum atomic E-state index is -0.121. The SMILES string of the molecule is CNC(CCC(C)(C)N)c1cc(C)c(OC)cc1C. The summed E-state index contributed by atoms with van der Waals surface area (Å²) >= 11 is 0. The fraction of sp³-hybridized carbons (Fsp3) is 0.625. The van der Waals surface area contributed by atoms with E-state index in [0.717, 1.165) is 18.6 Å². The Bertz CT molecular complexity index is 421. The van der Waals surface area contributed by atoms with Crippen molar-refractivity contribution in [3.63, 3.8) is 0 Å². The lowest BCUT2D eigenvalue weighted by atomic mass is 9.90. The highest BCUT2D eigenvalue weighted by atomic mass is 16.5. The quantitative estimate of drug-likeness (QED) is 0.830. The van der Waals surface area contributed by atoms with Crippen molar-refractivity contribution in [2.75, 3.05) is 14.2 Å². The van der Waals surface area contributed by atoms with E-state index in [1.54, 1.807) is 7.11 Å².